The number of aromatic nitrogens is 1. The van der Waals surface area contributed by atoms with Gasteiger partial charge in [0.25, 0.3) is 0 Å². The van der Waals surface area contributed by atoms with Crippen LogP contribution in [0.2, 0.25) is 0 Å². The van der Waals surface area contributed by atoms with Crippen LogP contribution in [0.15, 0.2) is 44.8 Å². The number of hydrogen-bond donors (Lipinski definition) is 3. The predicted octanol–water partition coefficient (Wildman–Crippen LogP) is 2.49. The molecule has 1 heterocycles. The summed E-state index contributed by atoms with van der Waals surface area (Å²) in [5, 5.41) is 11.4. The van der Waals surface area contributed by atoms with E-state index < -0.39 is 10.0 Å². The van der Waals surface area contributed by atoms with Crippen LogP contribution in [0.4, 0.5) is 0 Å². The first-order valence-electron chi connectivity index (χ1n) is 8.68. The molecule has 0 saturated carbocycles. The molecule has 0 fully saturated rings. The lowest BCUT2D eigenvalue weighted by atomic mass is 9.94. The fraction of sp³-hybridized carbons (Fsp3) is 0.444. The Hall–Kier alpha value is -1.66. The summed E-state index contributed by atoms with van der Waals surface area (Å²) in [5.74, 6) is 2.03. The van der Waals surface area contributed by atoms with Crippen molar-refractivity contribution in [2.45, 2.75) is 51.1 Å². The Morgan fingerprint density at radius 3 is 2.36 bits per heavy atom. The first-order valence-corrected chi connectivity index (χ1v) is 10.2. The number of primary sulfonamides is 1. The van der Waals surface area contributed by atoms with Gasteiger partial charge in [0.05, 0.1) is 24.2 Å². The number of nitrogens with one attached hydrogen (secondary N) is 2. The van der Waals surface area contributed by atoms with E-state index in [-0.39, 0.29) is 34.3 Å². The van der Waals surface area contributed by atoms with Crippen LogP contribution in [0.3, 0.4) is 0 Å². The zero-order valence-electron chi connectivity index (χ0n) is 16.5. The number of benzene rings is 1. The summed E-state index contributed by atoms with van der Waals surface area (Å²) >= 11 is 0. The molecule has 1 aromatic carbocycles. The van der Waals surface area contributed by atoms with Crippen LogP contribution in [0, 0.1) is 0 Å². The minimum Gasteiger partial charge on any atom is -0.443 e. The van der Waals surface area contributed by atoms with Gasteiger partial charge in [-0.3, -0.25) is 0 Å². The normalized spacial score (nSPS) is 12.4. The van der Waals surface area contributed by atoms with Gasteiger partial charge in [-0.05, 0) is 24.6 Å². The average Bonchev–Trinajstić information content (AvgIpc) is 3.06. The lowest BCUT2D eigenvalue weighted by Gasteiger charge is -2.13. The molecule has 28 heavy (non-hydrogen) atoms. The van der Waals surface area contributed by atoms with Gasteiger partial charge in [-0.1, -0.05) is 32.9 Å². The molecule has 0 aliphatic rings. The molecule has 0 spiro atoms. The van der Waals surface area contributed by atoms with Crippen molar-refractivity contribution in [3.05, 3.63) is 47.7 Å². The molecule has 156 valence electrons. The van der Waals surface area contributed by atoms with E-state index in [4.69, 9.17) is 9.56 Å². The Balaban J connectivity index is 0.00000392. The Bertz CT molecular complexity index is 887. The lowest BCUT2D eigenvalue weighted by molar-refractivity contribution is 0.379. The topological polar surface area (TPSA) is 123 Å². The lowest BCUT2D eigenvalue weighted by Crippen LogP contribution is -2.36. The van der Waals surface area contributed by atoms with Crippen LogP contribution in [0.1, 0.15) is 44.9 Å². The maximum atomic E-state index is 11.3. The second-order valence-corrected chi connectivity index (χ2v) is 8.67. The first-order chi connectivity index (χ1) is 12.6. The fourth-order valence-corrected chi connectivity index (χ4v) is 2.71. The van der Waals surface area contributed by atoms with Gasteiger partial charge in [-0.15, -0.1) is 24.0 Å². The van der Waals surface area contributed by atoms with E-state index in [0.717, 1.165) is 11.3 Å². The average molecular weight is 521 g/mol. The quantitative estimate of drug-likeness (QED) is 0.305. The molecule has 0 amide bonds. The number of nitrogens with two attached hydrogens (primary N) is 1. The van der Waals surface area contributed by atoms with Crippen molar-refractivity contribution >= 4 is 40.0 Å². The third kappa shape index (κ3) is 7.40. The molecule has 1 aromatic heterocycles. The number of oxazole rings is 1. The van der Waals surface area contributed by atoms with Gasteiger partial charge >= 0.3 is 0 Å². The number of guanidine groups is 1. The zero-order chi connectivity index (χ0) is 20.1. The molecule has 0 atom stereocenters. The summed E-state index contributed by atoms with van der Waals surface area (Å²) in [6.07, 6.45) is 1.74. The molecule has 0 saturated heterocycles. The number of nitrogens with zero attached hydrogens (tertiary/aromatic N) is 2. The maximum absolute atomic E-state index is 11.3. The summed E-state index contributed by atoms with van der Waals surface area (Å²) in [6.45, 7) is 9.67. The Kier molecular flexibility index (Phi) is 8.89. The molecule has 4 N–H and O–H groups in total. The zero-order valence-corrected chi connectivity index (χ0v) is 19.7. The van der Waals surface area contributed by atoms with Crippen LogP contribution in [-0.4, -0.2) is 25.9 Å². The van der Waals surface area contributed by atoms with Crippen LogP contribution in [-0.2, 0) is 28.5 Å². The van der Waals surface area contributed by atoms with E-state index in [0.29, 0.717) is 31.5 Å². The van der Waals surface area contributed by atoms with E-state index in [1.165, 1.54) is 12.1 Å². The first kappa shape index (κ1) is 24.4. The van der Waals surface area contributed by atoms with Crippen molar-refractivity contribution in [3.63, 3.8) is 0 Å². The number of halogens is 1. The second kappa shape index (κ2) is 10.2. The highest BCUT2D eigenvalue weighted by Crippen LogP contribution is 2.22. The molecule has 2 rings (SSSR count). The monoisotopic (exact) mass is 521 g/mol. The molecule has 0 aliphatic heterocycles. The van der Waals surface area contributed by atoms with Crippen molar-refractivity contribution in [2.24, 2.45) is 10.1 Å². The molecule has 0 bridgehead atoms. The van der Waals surface area contributed by atoms with E-state index in [1.807, 2.05) is 6.92 Å². The molecule has 2 aromatic rings. The Morgan fingerprint density at radius 2 is 1.86 bits per heavy atom. The third-order valence-electron chi connectivity index (χ3n) is 3.72. The standard InChI is InChI=1S/C18H27N5O3S.HI/c1-5-20-17(23-12-16-21-11-15(26-16)18(2,3)4)22-10-13-6-8-14(9-7-13)27(19,24)25;/h6-9,11H,5,10,12H2,1-4H3,(H2,19,24,25)(H2,20,22,23);1H. The molecule has 0 radical (unpaired) electrons. The smallest absolute Gasteiger partial charge is 0.238 e. The van der Waals surface area contributed by atoms with Gasteiger partial charge in [-0.2, -0.15) is 0 Å². The van der Waals surface area contributed by atoms with Gasteiger partial charge in [0, 0.05) is 12.0 Å². The summed E-state index contributed by atoms with van der Waals surface area (Å²) in [4.78, 5) is 8.86. The number of aliphatic imine (C=N–C) groups is 1. The maximum Gasteiger partial charge on any atom is 0.238 e. The summed E-state index contributed by atoms with van der Waals surface area (Å²) < 4.78 is 28.3. The second-order valence-electron chi connectivity index (χ2n) is 7.11. The predicted molar refractivity (Wildman–Crippen MR) is 120 cm³/mol. The SMILES string of the molecule is CCNC(=NCc1ccc(S(N)(=O)=O)cc1)NCc1ncc(C(C)(C)C)o1.I. The minimum atomic E-state index is -3.69. The summed E-state index contributed by atoms with van der Waals surface area (Å²) in [5.41, 5.74) is 0.776. The van der Waals surface area contributed by atoms with Gasteiger partial charge in [0.15, 0.2) is 5.96 Å². The van der Waals surface area contributed by atoms with Crippen LogP contribution < -0.4 is 15.8 Å². The van der Waals surface area contributed by atoms with Gasteiger partial charge in [0.2, 0.25) is 15.9 Å². The molecule has 0 aliphatic carbocycles. The fourth-order valence-electron chi connectivity index (χ4n) is 2.19. The van der Waals surface area contributed by atoms with Gasteiger partial charge < -0.3 is 15.1 Å². The Morgan fingerprint density at radius 1 is 1.21 bits per heavy atom. The third-order valence-corrected chi connectivity index (χ3v) is 4.64. The van der Waals surface area contributed by atoms with Crippen molar-refractivity contribution in [1.29, 1.82) is 0 Å². The van der Waals surface area contributed by atoms with E-state index in [9.17, 15) is 8.42 Å². The number of hydrogen-bond acceptors (Lipinski definition) is 5. The molecular formula is C18H28IN5O3S. The van der Waals surface area contributed by atoms with Crippen LogP contribution in [0.25, 0.3) is 0 Å². The molecule has 8 nitrogen and oxygen atoms in total. The highest BCUT2D eigenvalue weighted by molar-refractivity contribution is 14.0. The minimum absolute atomic E-state index is 0. The van der Waals surface area contributed by atoms with E-state index in [2.05, 4.69) is 41.4 Å². The summed E-state index contributed by atoms with van der Waals surface area (Å²) in [6, 6.07) is 6.33. The van der Waals surface area contributed by atoms with Crippen LogP contribution >= 0.6 is 24.0 Å². The van der Waals surface area contributed by atoms with Gasteiger partial charge in [0.1, 0.15) is 5.76 Å². The van der Waals surface area contributed by atoms with Crippen molar-refractivity contribution in [2.75, 3.05) is 6.54 Å². The molecule has 10 heteroatoms. The van der Waals surface area contributed by atoms with Crippen molar-refractivity contribution < 1.29 is 12.8 Å². The van der Waals surface area contributed by atoms with Crippen molar-refractivity contribution in [1.82, 2.24) is 15.6 Å². The number of sulfonamides is 1. The molecule has 0 unspecified atom stereocenters. The highest BCUT2D eigenvalue weighted by atomic mass is 127. The number of rotatable bonds is 6. The Labute approximate surface area is 183 Å². The van der Waals surface area contributed by atoms with E-state index in [1.54, 1.807) is 18.3 Å². The van der Waals surface area contributed by atoms with Gasteiger partial charge in [-0.25, -0.2) is 23.5 Å². The summed E-state index contributed by atoms with van der Waals surface area (Å²) in [7, 11) is -3.69. The highest BCUT2D eigenvalue weighted by Gasteiger charge is 2.19. The largest absolute Gasteiger partial charge is 0.443 e. The van der Waals surface area contributed by atoms with Crippen molar-refractivity contribution in [3.8, 4) is 0 Å². The van der Waals surface area contributed by atoms with Crippen LogP contribution in [0.5, 0.6) is 0 Å². The van der Waals surface area contributed by atoms with E-state index >= 15 is 0 Å². The molecular weight excluding hydrogens is 493 g/mol.